The Bertz CT molecular complexity index is 657. The van der Waals surface area contributed by atoms with E-state index in [-0.39, 0.29) is 0 Å². The molecule has 1 atom stereocenters. The van der Waals surface area contributed by atoms with E-state index in [1.807, 2.05) is 56.3 Å². The highest BCUT2D eigenvalue weighted by molar-refractivity contribution is 5.26. The van der Waals surface area contributed by atoms with Crippen LogP contribution in [0.2, 0.25) is 0 Å². The Labute approximate surface area is 137 Å². The van der Waals surface area contributed by atoms with Gasteiger partial charge < -0.3 is 9.84 Å². The molecular formula is C19H24N2O2. The molecule has 4 heteroatoms. The lowest BCUT2D eigenvalue weighted by molar-refractivity contribution is 0.00330. The van der Waals surface area contributed by atoms with Crippen LogP contribution in [0.25, 0.3) is 0 Å². The van der Waals surface area contributed by atoms with Gasteiger partial charge in [0.2, 0.25) is 0 Å². The van der Waals surface area contributed by atoms with Crippen molar-refractivity contribution in [3.8, 4) is 5.75 Å². The second-order valence-corrected chi connectivity index (χ2v) is 6.56. The fourth-order valence-electron chi connectivity index (χ4n) is 2.96. The number of ether oxygens (including phenoxy) is 1. The van der Waals surface area contributed by atoms with Gasteiger partial charge in [-0.25, -0.2) is 0 Å². The second kappa shape index (κ2) is 6.69. The summed E-state index contributed by atoms with van der Waals surface area (Å²) in [5.74, 6) is 0.808. The van der Waals surface area contributed by atoms with Crippen LogP contribution in [0.15, 0.2) is 42.5 Å². The van der Waals surface area contributed by atoms with E-state index in [0.29, 0.717) is 13.2 Å². The van der Waals surface area contributed by atoms with E-state index in [0.717, 1.165) is 36.6 Å². The van der Waals surface area contributed by atoms with Crippen molar-refractivity contribution in [2.45, 2.75) is 32.4 Å². The van der Waals surface area contributed by atoms with E-state index in [2.05, 4.69) is 9.88 Å². The Morgan fingerprint density at radius 3 is 2.70 bits per heavy atom. The summed E-state index contributed by atoms with van der Waals surface area (Å²) >= 11 is 0. The monoisotopic (exact) mass is 312 g/mol. The van der Waals surface area contributed by atoms with Crippen molar-refractivity contribution >= 4 is 0 Å². The molecule has 4 nitrogen and oxygen atoms in total. The molecule has 0 radical (unpaired) electrons. The zero-order chi connectivity index (χ0) is 16.3. The first kappa shape index (κ1) is 16.0. The number of nitrogens with zero attached hydrogens (tertiary/aromatic N) is 2. The predicted octanol–water partition coefficient (Wildman–Crippen LogP) is 2.71. The Morgan fingerprint density at radius 1 is 1.17 bits per heavy atom. The number of aromatic nitrogens is 1. The van der Waals surface area contributed by atoms with Gasteiger partial charge in [0.1, 0.15) is 18.0 Å². The summed E-state index contributed by atoms with van der Waals surface area (Å²) < 4.78 is 5.77. The summed E-state index contributed by atoms with van der Waals surface area (Å²) in [6, 6.07) is 14.0. The molecule has 1 aliphatic heterocycles. The minimum Gasteiger partial charge on any atom is -0.491 e. The molecule has 1 aromatic heterocycles. The van der Waals surface area contributed by atoms with E-state index in [1.54, 1.807) is 0 Å². The Hall–Kier alpha value is -1.91. The van der Waals surface area contributed by atoms with E-state index in [4.69, 9.17) is 4.74 Å². The minimum absolute atomic E-state index is 0.327. The van der Waals surface area contributed by atoms with Gasteiger partial charge in [-0.05, 0) is 44.5 Å². The van der Waals surface area contributed by atoms with Crippen molar-refractivity contribution in [3.05, 3.63) is 59.4 Å². The molecule has 2 aromatic rings. The molecule has 1 unspecified atom stereocenters. The van der Waals surface area contributed by atoms with Gasteiger partial charge in [0, 0.05) is 25.3 Å². The van der Waals surface area contributed by atoms with Gasteiger partial charge in [0.15, 0.2) is 0 Å². The van der Waals surface area contributed by atoms with E-state index < -0.39 is 5.60 Å². The van der Waals surface area contributed by atoms with Crippen LogP contribution in [-0.2, 0) is 6.54 Å². The standard InChI is InChI=1S/C19H24N2O2/c1-15-6-8-18(9-7-15)23-14-19(22)10-11-21(13-19)12-17-5-3-4-16(2)20-17/h3-9,22H,10-14H2,1-2H3. The normalized spacial score (nSPS) is 21.5. The van der Waals surface area contributed by atoms with Crippen molar-refractivity contribution in [1.29, 1.82) is 0 Å². The third-order valence-electron chi connectivity index (χ3n) is 4.27. The van der Waals surface area contributed by atoms with Gasteiger partial charge in [-0.3, -0.25) is 9.88 Å². The third-order valence-corrected chi connectivity index (χ3v) is 4.27. The SMILES string of the molecule is Cc1ccc(OCC2(O)CCN(Cc3cccc(C)n3)C2)cc1. The Kier molecular flexibility index (Phi) is 4.64. The van der Waals surface area contributed by atoms with Crippen LogP contribution < -0.4 is 4.74 Å². The molecule has 0 saturated carbocycles. The van der Waals surface area contributed by atoms with Gasteiger partial charge in [0.05, 0.1) is 5.69 Å². The quantitative estimate of drug-likeness (QED) is 0.922. The van der Waals surface area contributed by atoms with Crippen LogP contribution in [0, 0.1) is 13.8 Å². The van der Waals surface area contributed by atoms with Crippen LogP contribution in [0.3, 0.4) is 0 Å². The number of rotatable bonds is 5. The molecule has 3 rings (SSSR count). The van der Waals surface area contributed by atoms with Crippen molar-refractivity contribution in [2.24, 2.45) is 0 Å². The van der Waals surface area contributed by atoms with Crippen molar-refractivity contribution in [3.63, 3.8) is 0 Å². The highest BCUT2D eigenvalue weighted by Gasteiger charge is 2.36. The smallest absolute Gasteiger partial charge is 0.119 e. The molecular weight excluding hydrogens is 288 g/mol. The number of benzene rings is 1. The van der Waals surface area contributed by atoms with Crippen molar-refractivity contribution in [2.75, 3.05) is 19.7 Å². The number of likely N-dealkylation sites (tertiary alicyclic amines) is 1. The molecule has 23 heavy (non-hydrogen) atoms. The molecule has 0 aliphatic carbocycles. The topological polar surface area (TPSA) is 45.6 Å². The lowest BCUT2D eigenvalue weighted by Crippen LogP contribution is -2.39. The van der Waals surface area contributed by atoms with Crippen LogP contribution >= 0.6 is 0 Å². The Morgan fingerprint density at radius 2 is 1.96 bits per heavy atom. The number of aliphatic hydroxyl groups is 1. The summed E-state index contributed by atoms with van der Waals surface area (Å²) in [5.41, 5.74) is 2.50. The number of hydrogen-bond donors (Lipinski definition) is 1. The molecule has 1 N–H and O–H groups in total. The highest BCUT2D eigenvalue weighted by atomic mass is 16.5. The summed E-state index contributed by atoms with van der Waals surface area (Å²) in [5, 5.41) is 10.7. The molecule has 1 saturated heterocycles. The minimum atomic E-state index is -0.783. The van der Waals surface area contributed by atoms with Crippen molar-refractivity contribution in [1.82, 2.24) is 9.88 Å². The first-order valence-corrected chi connectivity index (χ1v) is 8.09. The summed E-state index contributed by atoms with van der Waals surface area (Å²) in [6.07, 6.45) is 0.727. The van der Waals surface area contributed by atoms with Crippen LogP contribution in [0.5, 0.6) is 5.75 Å². The zero-order valence-electron chi connectivity index (χ0n) is 13.8. The Balaban J connectivity index is 1.54. The van der Waals surface area contributed by atoms with Crippen LogP contribution in [0.1, 0.15) is 23.4 Å². The third kappa shape index (κ3) is 4.30. The van der Waals surface area contributed by atoms with Crippen LogP contribution in [-0.4, -0.2) is 40.3 Å². The van der Waals surface area contributed by atoms with Crippen molar-refractivity contribution < 1.29 is 9.84 Å². The average molecular weight is 312 g/mol. The molecule has 1 aromatic carbocycles. The van der Waals surface area contributed by atoms with Gasteiger partial charge in [0.25, 0.3) is 0 Å². The maximum Gasteiger partial charge on any atom is 0.119 e. The number of β-amino-alcohol motifs (C(OH)–C–C–N with tert-alkyl or cyclic N) is 1. The van der Waals surface area contributed by atoms with Gasteiger partial charge in [-0.1, -0.05) is 23.8 Å². The molecule has 122 valence electrons. The van der Waals surface area contributed by atoms with Crippen LogP contribution in [0.4, 0.5) is 0 Å². The first-order valence-electron chi connectivity index (χ1n) is 8.09. The summed E-state index contributed by atoms with van der Waals surface area (Å²) in [7, 11) is 0. The molecule has 0 spiro atoms. The maximum atomic E-state index is 10.7. The fourth-order valence-corrected chi connectivity index (χ4v) is 2.96. The lowest BCUT2D eigenvalue weighted by Gasteiger charge is -2.23. The van der Waals surface area contributed by atoms with Gasteiger partial charge in [-0.15, -0.1) is 0 Å². The second-order valence-electron chi connectivity index (χ2n) is 6.56. The molecule has 1 aliphatic rings. The van der Waals surface area contributed by atoms with E-state index in [9.17, 15) is 5.11 Å². The lowest BCUT2D eigenvalue weighted by atomic mass is 10.1. The fraction of sp³-hybridized carbons (Fsp3) is 0.421. The van der Waals surface area contributed by atoms with E-state index >= 15 is 0 Å². The average Bonchev–Trinajstić information content (AvgIpc) is 2.88. The summed E-state index contributed by atoms with van der Waals surface area (Å²) in [6.45, 7) is 6.63. The predicted molar refractivity (Wildman–Crippen MR) is 90.5 cm³/mol. The number of hydrogen-bond acceptors (Lipinski definition) is 4. The largest absolute Gasteiger partial charge is 0.491 e. The number of pyridine rings is 1. The number of aryl methyl sites for hydroxylation is 2. The maximum absolute atomic E-state index is 10.7. The highest BCUT2D eigenvalue weighted by Crippen LogP contribution is 2.24. The summed E-state index contributed by atoms with van der Waals surface area (Å²) in [4.78, 5) is 6.77. The zero-order valence-corrected chi connectivity index (χ0v) is 13.8. The first-order chi connectivity index (χ1) is 11.0. The van der Waals surface area contributed by atoms with E-state index in [1.165, 1.54) is 5.56 Å². The molecule has 0 bridgehead atoms. The molecule has 1 fully saturated rings. The molecule has 2 heterocycles. The van der Waals surface area contributed by atoms with Gasteiger partial charge in [-0.2, -0.15) is 0 Å². The molecule has 0 amide bonds. The van der Waals surface area contributed by atoms with Gasteiger partial charge >= 0.3 is 0 Å².